The maximum Gasteiger partial charge on any atom is 0.261 e. The Bertz CT molecular complexity index is 1070. The van der Waals surface area contributed by atoms with E-state index in [0.717, 1.165) is 5.56 Å². The first kappa shape index (κ1) is 19.9. The van der Waals surface area contributed by atoms with Gasteiger partial charge in [0.05, 0.1) is 4.90 Å². The van der Waals surface area contributed by atoms with Crippen molar-refractivity contribution in [3.05, 3.63) is 94.8 Å². The molecule has 0 heterocycles. The lowest BCUT2D eigenvalue weighted by Crippen LogP contribution is -2.22. The largest absolute Gasteiger partial charge is 0.348 e. The highest BCUT2D eigenvalue weighted by atomic mass is 35.5. The summed E-state index contributed by atoms with van der Waals surface area (Å²) in [7, 11) is -3.75. The van der Waals surface area contributed by atoms with Crippen molar-refractivity contribution in [3.8, 4) is 0 Å². The molecule has 0 aliphatic rings. The average Bonchev–Trinajstić information content (AvgIpc) is 2.68. The van der Waals surface area contributed by atoms with Crippen molar-refractivity contribution in [2.75, 3.05) is 4.72 Å². The molecule has 0 saturated carbocycles. The lowest BCUT2D eigenvalue weighted by atomic mass is 10.2. The van der Waals surface area contributed by atoms with E-state index in [1.807, 2.05) is 0 Å². The van der Waals surface area contributed by atoms with Crippen molar-refractivity contribution in [2.24, 2.45) is 0 Å². The van der Waals surface area contributed by atoms with Crippen LogP contribution in [0.4, 0.5) is 10.1 Å². The van der Waals surface area contributed by atoms with Gasteiger partial charge in [0.25, 0.3) is 15.9 Å². The second-order valence-electron chi connectivity index (χ2n) is 5.95. The number of amides is 1. The summed E-state index contributed by atoms with van der Waals surface area (Å²) in [6.07, 6.45) is 0. The van der Waals surface area contributed by atoms with Crippen molar-refractivity contribution in [1.29, 1.82) is 0 Å². The molecule has 5 nitrogen and oxygen atoms in total. The van der Waals surface area contributed by atoms with Gasteiger partial charge < -0.3 is 5.32 Å². The van der Waals surface area contributed by atoms with E-state index < -0.39 is 10.0 Å². The van der Waals surface area contributed by atoms with Gasteiger partial charge >= 0.3 is 0 Å². The lowest BCUT2D eigenvalue weighted by Gasteiger charge is -2.09. The Morgan fingerprint density at radius 2 is 1.50 bits per heavy atom. The zero-order valence-electron chi connectivity index (χ0n) is 14.5. The van der Waals surface area contributed by atoms with Gasteiger partial charge in [-0.25, -0.2) is 12.8 Å². The number of nitrogens with one attached hydrogen (secondary N) is 2. The van der Waals surface area contributed by atoms with Gasteiger partial charge in [-0.3, -0.25) is 9.52 Å². The lowest BCUT2D eigenvalue weighted by molar-refractivity contribution is 0.0951. The normalized spacial score (nSPS) is 11.1. The Hall–Kier alpha value is -2.90. The molecule has 0 saturated heterocycles. The Morgan fingerprint density at radius 3 is 2.11 bits per heavy atom. The Kier molecular flexibility index (Phi) is 5.96. The fourth-order valence-electron chi connectivity index (χ4n) is 2.40. The van der Waals surface area contributed by atoms with Crippen LogP contribution < -0.4 is 10.0 Å². The highest BCUT2D eigenvalue weighted by Crippen LogP contribution is 2.18. The van der Waals surface area contributed by atoms with Crippen LogP contribution in [0, 0.1) is 5.82 Å². The third-order valence-corrected chi connectivity index (χ3v) is 5.54. The number of benzene rings is 3. The second kappa shape index (κ2) is 8.41. The SMILES string of the molecule is O=C(NCc1ccc(F)cc1)c1ccc(NS(=O)(=O)c2ccc(Cl)cc2)cc1. The van der Waals surface area contributed by atoms with Gasteiger partial charge in [0.1, 0.15) is 5.82 Å². The number of hydrogen-bond acceptors (Lipinski definition) is 3. The smallest absolute Gasteiger partial charge is 0.261 e. The van der Waals surface area contributed by atoms with E-state index in [9.17, 15) is 17.6 Å². The van der Waals surface area contributed by atoms with Crippen LogP contribution in [-0.4, -0.2) is 14.3 Å². The standard InChI is InChI=1S/C20H16ClFN2O3S/c21-16-5-11-19(12-6-16)28(26,27)24-18-9-3-15(4-10-18)20(25)23-13-14-1-7-17(22)8-2-14/h1-12,24H,13H2,(H,23,25). The summed E-state index contributed by atoms with van der Waals surface area (Å²) < 4.78 is 40.0. The first-order valence-corrected chi connectivity index (χ1v) is 10.1. The molecule has 0 bridgehead atoms. The summed E-state index contributed by atoms with van der Waals surface area (Å²) in [5, 5.41) is 3.16. The fraction of sp³-hybridized carbons (Fsp3) is 0.0500. The summed E-state index contributed by atoms with van der Waals surface area (Å²) in [5.74, 6) is -0.664. The molecule has 0 radical (unpaired) electrons. The maximum atomic E-state index is 12.9. The van der Waals surface area contributed by atoms with Gasteiger partial charge in [-0.05, 0) is 66.2 Å². The zero-order chi connectivity index (χ0) is 20.1. The predicted molar refractivity (Wildman–Crippen MR) is 106 cm³/mol. The van der Waals surface area contributed by atoms with Crippen LogP contribution >= 0.6 is 11.6 Å². The van der Waals surface area contributed by atoms with E-state index in [1.165, 1.54) is 60.7 Å². The first-order chi connectivity index (χ1) is 13.3. The molecule has 0 aliphatic carbocycles. The van der Waals surface area contributed by atoms with Gasteiger partial charge in [0, 0.05) is 22.8 Å². The van der Waals surface area contributed by atoms with Gasteiger partial charge in [0.15, 0.2) is 0 Å². The quantitative estimate of drug-likeness (QED) is 0.629. The van der Waals surface area contributed by atoms with Gasteiger partial charge in [0.2, 0.25) is 0 Å². The molecule has 144 valence electrons. The minimum absolute atomic E-state index is 0.0815. The summed E-state index contributed by atoms with van der Waals surface area (Å²) in [5.41, 5.74) is 1.46. The van der Waals surface area contributed by atoms with E-state index in [-0.39, 0.29) is 23.2 Å². The third kappa shape index (κ3) is 5.09. The molecule has 0 unspecified atom stereocenters. The van der Waals surface area contributed by atoms with Crippen LogP contribution in [0.3, 0.4) is 0 Å². The van der Waals surface area contributed by atoms with E-state index >= 15 is 0 Å². The number of halogens is 2. The Labute approximate surface area is 167 Å². The topological polar surface area (TPSA) is 75.3 Å². The molecule has 8 heteroatoms. The molecule has 1 amide bonds. The molecule has 3 aromatic carbocycles. The molecule has 0 atom stereocenters. The van der Waals surface area contributed by atoms with E-state index in [1.54, 1.807) is 12.1 Å². The molecular weight excluding hydrogens is 403 g/mol. The van der Waals surface area contributed by atoms with E-state index in [2.05, 4.69) is 10.0 Å². The van der Waals surface area contributed by atoms with Gasteiger partial charge in [-0.2, -0.15) is 0 Å². The molecule has 0 fully saturated rings. The molecule has 3 aromatic rings. The Balaban J connectivity index is 1.63. The summed E-state index contributed by atoms with van der Waals surface area (Å²) in [4.78, 5) is 12.3. The molecule has 0 spiro atoms. The monoisotopic (exact) mass is 418 g/mol. The van der Waals surface area contributed by atoms with Crippen molar-refractivity contribution < 1.29 is 17.6 Å². The molecule has 28 heavy (non-hydrogen) atoms. The second-order valence-corrected chi connectivity index (χ2v) is 8.06. The molecule has 3 rings (SSSR count). The number of sulfonamides is 1. The highest BCUT2D eigenvalue weighted by molar-refractivity contribution is 7.92. The van der Waals surface area contributed by atoms with E-state index in [4.69, 9.17) is 11.6 Å². The van der Waals surface area contributed by atoms with Gasteiger partial charge in [-0.1, -0.05) is 23.7 Å². The predicted octanol–water partition coefficient (Wildman–Crippen LogP) is 4.21. The van der Waals surface area contributed by atoms with E-state index in [0.29, 0.717) is 16.3 Å². The maximum absolute atomic E-state index is 12.9. The average molecular weight is 419 g/mol. The van der Waals surface area contributed by atoms with Crippen molar-refractivity contribution in [3.63, 3.8) is 0 Å². The van der Waals surface area contributed by atoms with Crippen LogP contribution in [0.1, 0.15) is 15.9 Å². The molecule has 0 aromatic heterocycles. The van der Waals surface area contributed by atoms with Crippen molar-refractivity contribution in [1.82, 2.24) is 5.32 Å². The van der Waals surface area contributed by atoms with Gasteiger partial charge in [-0.15, -0.1) is 0 Å². The van der Waals surface area contributed by atoms with Crippen LogP contribution in [0.15, 0.2) is 77.7 Å². The number of rotatable bonds is 6. The van der Waals surface area contributed by atoms with Crippen LogP contribution in [0.25, 0.3) is 0 Å². The van der Waals surface area contributed by atoms with Crippen LogP contribution in [0.5, 0.6) is 0 Å². The summed E-state index contributed by atoms with van der Waals surface area (Å²) in [6, 6.07) is 17.6. The Morgan fingerprint density at radius 1 is 0.893 bits per heavy atom. The number of anilines is 1. The summed E-state index contributed by atoms with van der Waals surface area (Å²) in [6.45, 7) is 0.254. The summed E-state index contributed by atoms with van der Waals surface area (Å²) >= 11 is 5.77. The molecular formula is C20H16ClFN2O3S. The molecule has 2 N–H and O–H groups in total. The van der Waals surface area contributed by atoms with Crippen LogP contribution in [0.2, 0.25) is 5.02 Å². The van der Waals surface area contributed by atoms with Crippen molar-refractivity contribution in [2.45, 2.75) is 11.4 Å². The number of hydrogen-bond donors (Lipinski definition) is 2. The fourth-order valence-corrected chi connectivity index (χ4v) is 3.59. The zero-order valence-corrected chi connectivity index (χ0v) is 16.1. The minimum atomic E-state index is -3.75. The molecule has 0 aliphatic heterocycles. The number of carbonyl (C=O) groups excluding carboxylic acids is 1. The first-order valence-electron chi connectivity index (χ1n) is 8.24. The number of carbonyl (C=O) groups is 1. The highest BCUT2D eigenvalue weighted by Gasteiger charge is 2.14. The third-order valence-electron chi connectivity index (χ3n) is 3.89. The van der Waals surface area contributed by atoms with Crippen LogP contribution in [-0.2, 0) is 16.6 Å². The minimum Gasteiger partial charge on any atom is -0.348 e. The van der Waals surface area contributed by atoms with Crippen molar-refractivity contribution >= 4 is 33.2 Å².